The van der Waals surface area contributed by atoms with E-state index in [1.54, 1.807) is 13.2 Å². The average Bonchev–Trinajstić information content (AvgIpc) is 3.20. The molecule has 1 saturated heterocycles. The molecule has 0 spiro atoms. The molecule has 140 valence electrons. The second-order valence-electron chi connectivity index (χ2n) is 5.71. The number of nitrogens with one attached hydrogen (secondary N) is 2. The fourth-order valence-electron chi connectivity index (χ4n) is 2.97. The molecule has 1 unspecified atom stereocenters. The number of piperazine rings is 1. The normalized spacial score (nSPS) is 16.5. The van der Waals surface area contributed by atoms with E-state index in [1.807, 2.05) is 40.6 Å². The summed E-state index contributed by atoms with van der Waals surface area (Å²) in [4.78, 5) is 27.2. The molecule has 2 N–H and O–H groups in total. The third-order valence-corrected chi connectivity index (χ3v) is 5.08. The van der Waals surface area contributed by atoms with Crippen LogP contribution in [0.4, 0.5) is 0 Å². The van der Waals surface area contributed by atoms with E-state index in [2.05, 4.69) is 10.6 Å². The van der Waals surface area contributed by atoms with Gasteiger partial charge in [0.25, 0.3) is 5.91 Å². The van der Waals surface area contributed by atoms with Crippen LogP contribution in [0.1, 0.15) is 21.3 Å². The zero-order valence-corrected chi connectivity index (χ0v) is 16.1. The second-order valence-corrected chi connectivity index (χ2v) is 6.66. The van der Waals surface area contributed by atoms with E-state index in [0.717, 1.165) is 17.9 Å². The maximum Gasteiger partial charge on any atom is 0.261 e. The van der Waals surface area contributed by atoms with Crippen molar-refractivity contribution in [3.63, 3.8) is 0 Å². The highest BCUT2D eigenvalue weighted by Crippen LogP contribution is 2.30. The van der Waals surface area contributed by atoms with Crippen molar-refractivity contribution < 1.29 is 14.3 Å². The number of rotatable bonds is 5. The zero-order chi connectivity index (χ0) is 17.6. The van der Waals surface area contributed by atoms with Crippen LogP contribution in [0.5, 0.6) is 5.75 Å². The number of hydrogen-bond acceptors (Lipinski definition) is 5. The molecular weight excluding hydrogens is 374 g/mol. The minimum Gasteiger partial charge on any atom is -0.496 e. The van der Waals surface area contributed by atoms with Crippen LogP contribution in [-0.4, -0.2) is 50.0 Å². The van der Waals surface area contributed by atoms with Gasteiger partial charge in [0.15, 0.2) is 0 Å². The number of carbonyl (C=O) groups is 2. The largest absolute Gasteiger partial charge is 0.496 e. The maximum atomic E-state index is 12.7. The summed E-state index contributed by atoms with van der Waals surface area (Å²) in [6.07, 6.45) is 0. The van der Waals surface area contributed by atoms with Gasteiger partial charge in [-0.05, 0) is 17.5 Å². The van der Waals surface area contributed by atoms with Crippen LogP contribution in [0.25, 0.3) is 0 Å². The first-order valence-corrected chi connectivity index (χ1v) is 9.03. The molecule has 26 heavy (non-hydrogen) atoms. The molecule has 1 aromatic heterocycles. The van der Waals surface area contributed by atoms with Crippen molar-refractivity contribution in [1.82, 2.24) is 15.5 Å². The van der Waals surface area contributed by atoms with E-state index in [9.17, 15) is 9.59 Å². The predicted molar refractivity (Wildman–Crippen MR) is 104 cm³/mol. The first-order chi connectivity index (χ1) is 12.2. The molecule has 1 aromatic carbocycles. The summed E-state index contributed by atoms with van der Waals surface area (Å²) in [7, 11) is 1.63. The molecule has 1 aliphatic heterocycles. The van der Waals surface area contributed by atoms with Crippen molar-refractivity contribution in [2.75, 3.05) is 33.3 Å². The van der Waals surface area contributed by atoms with Gasteiger partial charge in [-0.1, -0.05) is 24.3 Å². The highest BCUT2D eigenvalue weighted by atomic mass is 35.5. The molecule has 1 aliphatic rings. The number of nitrogens with zero attached hydrogens (tertiary/aromatic N) is 1. The quantitative estimate of drug-likeness (QED) is 0.813. The number of halogens is 1. The Morgan fingerprint density at radius 2 is 2.12 bits per heavy atom. The standard InChI is InChI=1S/C18H21N3O3S.ClH/c1-24-15-6-3-2-5-13(15)14-11-19-8-9-21(14)17(22)12-20-18(23)16-7-4-10-25-16;/h2-7,10,14,19H,8-9,11-12H2,1H3,(H,20,23);1H. The van der Waals surface area contributed by atoms with E-state index in [4.69, 9.17) is 4.74 Å². The number of carbonyl (C=O) groups excluding carboxylic acids is 2. The molecular formula is C18H22ClN3O3S. The summed E-state index contributed by atoms with van der Waals surface area (Å²) in [6.45, 7) is 1.97. The second kappa shape index (κ2) is 9.56. The Balaban J connectivity index is 0.00000243. The maximum absolute atomic E-state index is 12.7. The van der Waals surface area contributed by atoms with Crippen LogP contribution < -0.4 is 15.4 Å². The number of amides is 2. The van der Waals surface area contributed by atoms with E-state index in [0.29, 0.717) is 18.0 Å². The van der Waals surface area contributed by atoms with Gasteiger partial charge in [0.2, 0.25) is 5.91 Å². The number of methoxy groups -OCH3 is 1. The van der Waals surface area contributed by atoms with Gasteiger partial charge in [-0.2, -0.15) is 0 Å². The number of ether oxygens (including phenoxy) is 1. The fourth-order valence-corrected chi connectivity index (χ4v) is 3.61. The Morgan fingerprint density at radius 1 is 1.31 bits per heavy atom. The molecule has 0 radical (unpaired) electrons. The predicted octanol–water partition coefficient (Wildman–Crippen LogP) is 2.08. The first kappa shape index (κ1) is 20.2. The molecule has 0 aliphatic carbocycles. The lowest BCUT2D eigenvalue weighted by Crippen LogP contribution is -2.51. The van der Waals surface area contributed by atoms with Crippen LogP contribution in [0, 0.1) is 0 Å². The Labute approximate surface area is 162 Å². The summed E-state index contributed by atoms with van der Waals surface area (Å²) in [5.74, 6) is 0.450. The van der Waals surface area contributed by atoms with Gasteiger partial charge in [-0.3, -0.25) is 9.59 Å². The van der Waals surface area contributed by atoms with Crippen molar-refractivity contribution in [2.45, 2.75) is 6.04 Å². The summed E-state index contributed by atoms with van der Waals surface area (Å²) in [6, 6.07) is 11.2. The summed E-state index contributed by atoms with van der Waals surface area (Å²) in [5, 5.41) is 7.87. The molecule has 1 atom stereocenters. The molecule has 2 aromatic rings. The van der Waals surface area contributed by atoms with Gasteiger partial charge in [0.05, 0.1) is 24.6 Å². The minimum absolute atomic E-state index is 0. The van der Waals surface area contributed by atoms with Gasteiger partial charge in [-0.15, -0.1) is 23.7 Å². The average molecular weight is 396 g/mol. The molecule has 2 amide bonds. The third-order valence-electron chi connectivity index (χ3n) is 4.21. The van der Waals surface area contributed by atoms with Crippen LogP contribution in [0.15, 0.2) is 41.8 Å². The Kier molecular flexibility index (Phi) is 7.44. The number of thiophene rings is 1. The van der Waals surface area contributed by atoms with E-state index < -0.39 is 0 Å². The summed E-state index contributed by atoms with van der Waals surface area (Å²) in [5.41, 5.74) is 0.968. The monoisotopic (exact) mass is 395 g/mol. The first-order valence-electron chi connectivity index (χ1n) is 8.15. The van der Waals surface area contributed by atoms with Crippen molar-refractivity contribution in [2.24, 2.45) is 0 Å². The Morgan fingerprint density at radius 3 is 2.85 bits per heavy atom. The van der Waals surface area contributed by atoms with E-state index in [1.165, 1.54) is 11.3 Å². The van der Waals surface area contributed by atoms with E-state index >= 15 is 0 Å². The topological polar surface area (TPSA) is 70.7 Å². The molecule has 0 bridgehead atoms. The molecule has 0 saturated carbocycles. The fraction of sp³-hybridized carbons (Fsp3) is 0.333. The van der Waals surface area contributed by atoms with Gasteiger partial charge in [0.1, 0.15) is 5.75 Å². The number of hydrogen-bond donors (Lipinski definition) is 2. The minimum atomic E-state index is -0.215. The van der Waals surface area contributed by atoms with Gasteiger partial charge in [0, 0.05) is 25.2 Å². The van der Waals surface area contributed by atoms with Gasteiger partial charge < -0.3 is 20.3 Å². The Bertz CT molecular complexity index is 739. The van der Waals surface area contributed by atoms with Crippen molar-refractivity contribution >= 4 is 35.6 Å². The SMILES string of the molecule is COc1ccccc1C1CNCCN1C(=O)CNC(=O)c1cccs1.Cl. The number of benzene rings is 1. The van der Waals surface area contributed by atoms with Crippen molar-refractivity contribution in [3.05, 3.63) is 52.2 Å². The third kappa shape index (κ3) is 4.55. The number of para-hydroxylation sites is 1. The molecule has 1 fully saturated rings. The molecule has 6 nitrogen and oxygen atoms in total. The molecule has 2 heterocycles. The highest BCUT2D eigenvalue weighted by molar-refractivity contribution is 7.12. The van der Waals surface area contributed by atoms with Gasteiger partial charge in [-0.25, -0.2) is 0 Å². The van der Waals surface area contributed by atoms with Crippen LogP contribution in [0.2, 0.25) is 0 Å². The van der Waals surface area contributed by atoms with E-state index in [-0.39, 0.29) is 36.8 Å². The van der Waals surface area contributed by atoms with Crippen molar-refractivity contribution in [1.29, 1.82) is 0 Å². The highest BCUT2D eigenvalue weighted by Gasteiger charge is 2.29. The van der Waals surface area contributed by atoms with Crippen LogP contribution in [0.3, 0.4) is 0 Å². The smallest absolute Gasteiger partial charge is 0.261 e. The lowest BCUT2D eigenvalue weighted by molar-refractivity contribution is -0.133. The lowest BCUT2D eigenvalue weighted by Gasteiger charge is -2.37. The van der Waals surface area contributed by atoms with Crippen LogP contribution >= 0.6 is 23.7 Å². The zero-order valence-electron chi connectivity index (χ0n) is 14.4. The van der Waals surface area contributed by atoms with Crippen LogP contribution in [-0.2, 0) is 4.79 Å². The van der Waals surface area contributed by atoms with Crippen molar-refractivity contribution in [3.8, 4) is 5.75 Å². The summed E-state index contributed by atoms with van der Waals surface area (Å²) < 4.78 is 5.44. The molecule has 8 heteroatoms. The summed E-state index contributed by atoms with van der Waals surface area (Å²) >= 11 is 1.36. The molecule has 3 rings (SSSR count). The van der Waals surface area contributed by atoms with Gasteiger partial charge >= 0.3 is 0 Å². The Hall–Kier alpha value is -2.09. The lowest BCUT2D eigenvalue weighted by atomic mass is 10.0.